The molecule has 0 aliphatic carbocycles. The first-order valence-corrected chi connectivity index (χ1v) is 6.01. The lowest BCUT2D eigenvalue weighted by Crippen LogP contribution is -2.38. The lowest BCUT2D eigenvalue weighted by atomic mass is 10.2. The maximum atomic E-state index is 12.3. The van der Waals surface area contributed by atoms with Crippen LogP contribution in [0.25, 0.3) is 11.0 Å². The van der Waals surface area contributed by atoms with Gasteiger partial charge in [-0.05, 0) is 18.3 Å². The van der Waals surface area contributed by atoms with Crippen LogP contribution in [-0.2, 0) is 0 Å². The van der Waals surface area contributed by atoms with Crippen LogP contribution in [0.1, 0.15) is 10.4 Å². The maximum Gasteiger partial charge on any atom is 0.260 e. The number of benzene rings is 1. The minimum atomic E-state index is -0.292. The molecule has 2 rings (SSSR count). The Morgan fingerprint density at radius 2 is 2.30 bits per heavy atom. The van der Waals surface area contributed by atoms with Crippen LogP contribution in [0.3, 0.4) is 0 Å². The first-order chi connectivity index (χ1) is 9.69. The van der Waals surface area contributed by atoms with E-state index in [0.29, 0.717) is 23.0 Å². The van der Waals surface area contributed by atoms with E-state index < -0.39 is 0 Å². The van der Waals surface area contributed by atoms with Gasteiger partial charge < -0.3 is 15.6 Å². The summed E-state index contributed by atoms with van der Waals surface area (Å²) in [4.78, 5) is 23.6. The van der Waals surface area contributed by atoms with Crippen LogP contribution < -0.4 is 16.0 Å². The Morgan fingerprint density at radius 1 is 1.50 bits per heavy atom. The summed E-state index contributed by atoms with van der Waals surface area (Å²) in [7, 11) is 3.33. The first-order valence-electron chi connectivity index (χ1n) is 6.01. The van der Waals surface area contributed by atoms with Crippen molar-refractivity contribution in [2.24, 2.45) is 4.99 Å². The lowest BCUT2D eigenvalue weighted by molar-refractivity contribution is 0.0977. The minimum Gasteiger partial charge on any atom is -0.359 e. The molecule has 1 heterocycles. The number of aromatic nitrogens is 2. The van der Waals surface area contributed by atoms with Crippen molar-refractivity contribution in [3.05, 3.63) is 36.5 Å². The average molecular weight is 272 g/mol. The van der Waals surface area contributed by atoms with Crippen molar-refractivity contribution in [3.8, 4) is 0 Å². The van der Waals surface area contributed by atoms with Gasteiger partial charge in [0.25, 0.3) is 5.91 Å². The number of carbonyl (C=O) groups is 1. The molecule has 1 aromatic heterocycles. The molecule has 4 N–H and O–H groups in total. The smallest absolute Gasteiger partial charge is 0.260 e. The molecule has 0 fully saturated rings. The Kier molecular flexibility index (Phi) is 3.99. The summed E-state index contributed by atoms with van der Waals surface area (Å²) in [5.41, 5.74) is 1.85. The van der Waals surface area contributed by atoms with Crippen molar-refractivity contribution in [2.45, 2.75) is 0 Å². The van der Waals surface area contributed by atoms with Crippen LogP contribution in [0.4, 0.5) is 5.95 Å². The van der Waals surface area contributed by atoms with Crippen LogP contribution in [0.5, 0.6) is 0 Å². The number of guanidine groups is 1. The first kappa shape index (κ1) is 13.6. The molecule has 0 saturated carbocycles. The zero-order valence-corrected chi connectivity index (χ0v) is 11.3. The molecule has 2 aromatic rings. The van der Waals surface area contributed by atoms with Crippen molar-refractivity contribution >= 4 is 28.8 Å². The summed E-state index contributed by atoms with van der Waals surface area (Å²) in [5.74, 6) is 0.639. The molecule has 0 unspecified atom stereocenters. The number of nitrogens with one attached hydrogen (secondary N) is 4. The van der Waals surface area contributed by atoms with E-state index in [1.54, 1.807) is 26.2 Å². The third-order valence-electron chi connectivity index (χ3n) is 2.69. The molecule has 0 radical (unpaired) electrons. The molecule has 0 bridgehead atoms. The predicted molar refractivity (Wildman–Crippen MR) is 79.8 cm³/mol. The number of anilines is 1. The van der Waals surface area contributed by atoms with E-state index in [4.69, 9.17) is 0 Å². The largest absolute Gasteiger partial charge is 0.359 e. The molecule has 1 amide bonds. The SMILES string of the molecule is C=CNC(=NC)NC(=O)c1cccc2[nH]c(NC)nc12. The number of aromatic amines is 1. The fourth-order valence-electron chi connectivity index (χ4n) is 1.76. The second-order valence-electron chi connectivity index (χ2n) is 3.91. The van der Waals surface area contributed by atoms with Crippen LogP contribution in [0.15, 0.2) is 36.0 Å². The third-order valence-corrected chi connectivity index (χ3v) is 2.69. The third kappa shape index (κ3) is 2.61. The maximum absolute atomic E-state index is 12.3. The highest BCUT2D eigenvalue weighted by Crippen LogP contribution is 2.18. The monoisotopic (exact) mass is 272 g/mol. The highest BCUT2D eigenvalue weighted by molar-refractivity contribution is 6.11. The standard InChI is InChI=1S/C13H16N6O/c1-4-16-12(14-2)19-11(20)8-6-5-7-9-10(8)18-13(15-3)17-9/h4-7H,1H2,2-3H3,(H2,15,17,18)(H2,14,16,19,20). The van der Waals surface area contributed by atoms with Gasteiger partial charge in [-0.2, -0.15) is 0 Å². The molecular formula is C13H16N6O. The number of imidazole rings is 1. The summed E-state index contributed by atoms with van der Waals surface area (Å²) in [5, 5.41) is 8.30. The number of H-pyrrole nitrogens is 1. The Morgan fingerprint density at radius 3 is 2.95 bits per heavy atom. The summed E-state index contributed by atoms with van der Waals surface area (Å²) >= 11 is 0. The van der Waals surface area contributed by atoms with Gasteiger partial charge in [-0.15, -0.1) is 0 Å². The molecule has 7 nitrogen and oxygen atoms in total. The Hall–Kier alpha value is -2.83. The van der Waals surface area contributed by atoms with Crippen LogP contribution >= 0.6 is 0 Å². The number of hydrogen-bond donors (Lipinski definition) is 4. The van der Waals surface area contributed by atoms with E-state index in [1.165, 1.54) is 6.20 Å². The van der Waals surface area contributed by atoms with Gasteiger partial charge in [-0.1, -0.05) is 12.6 Å². The molecule has 104 valence electrons. The number of hydrogen-bond acceptors (Lipinski definition) is 4. The highest BCUT2D eigenvalue weighted by atomic mass is 16.1. The fraction of sp³-hybridized carbons (Fsp3) is 0.154. The van der Waals surface area contributed by atoms with Gasteiger partial charge in [0.2, 0.25) is 11.9 Å². The quantitative estimate of drug-likeness (QED) is 0.496. The molecular weight excluding hydrogens is 256 g/mol. The minimum absolute atomic E-state index is 0.292. The van der Waals surface area contributed by atoms with Crippen LogP contribution in [-0.4, -0.2) is 35.9 Å². The predicted octanol–water partition coefficient (Wildman–Crippen LogP) is 1.05. The Bertz CT molecular complexity index is 673. The van der Waals surface area contributed by atoms with E-state index in [2.05, 4.69) is 37.5 Å². The van der Waals surface area contributed by atoms with Gasteiger partial charge in [0.05, 0.1) is 11.1 Å². The molecule has 0 aliphatic heterocycles. The molecule has 0 saturated heterocycles. The molecule has 0 atom stereocenters. The van der Waals surface area contributed by atoms with Crippen molar-refractivity contribution in [1.29, 1.82) is 0 Å². The number of aliphatic imine (C=N–C) groups is 1. The zero-order chi connectivity index (χ0) is 14.5. The van der Waals surface area contributed by atoms with E-state index in [0.717, 1.165) is 5.52 Å². The number of para-hydroxylation sites is 1. The number of nitrogens with zero attached hydrogens (tertiary/aromatic N) is 2. The fourth-order valence-corrected chi connectivity index (χ4v) is 1.76. The Labute approximate surface area is 116 Å². The zero-order valence-electron chi connectivity index (χ0n) is 11.3. The average Bonchev–Trinajstić information content (AvgIpc) is 2.89. The van der Waals surface area contributed by atoms with Gasteiger partial charge in [0.15, 0.2) is 0 Å². The number of rotatable bonds is 3. The van der Waals surface area contributed by atoms with Crippen molar-refractivity contribution in [1.82, 2.24) is 20.6 Å². The lowest BCUT2D eigenvalue weighted by Gasteiger charge is -2.07. The van der Waals surface area contributed by atoms with Gasteiger partial charge in [-0.3, -0.25) is 15.1 Å². The second kappa shape index (κ2) is 5.87. The molecule has 20 heavy (non-hydrogen) atoms. The highest BCUT2D eigenvalue weighted by Gasteiger charge is 2.14. The van der Waals surface area contributed by atoms with Gasteiger partial charge in [-0.25, -0.2) is 4.98 Å². The molecule has 0 aliphatic rings. The Balaban J connectivity index is 2.34. The molecule has 0 spiro atoms. The van der Waals surface area contributed by atoms with Crippen LogP contribution in [0.2, 0.25) is 0 Å². The van der Waals surface area contributed by atoms with E-state index >= 15 is 0 Å². The van der Waals surface area contributed by atoms with E-state index in [1.807, 2.05) is 6.07 Å². The van der Waals surface area contributed by atoms with E-state index in [-0.39, 0.29) is 5.91 Å². The summed E-state index contributed by atoms with van der Waals surface area (Å²) in [6, 6.07) is 5.36. The van der Waals surface area contributed by atoms with Gasteiger partial charge in [0.1, 0.15) is 5.52 Å². The summed E-state index contributed by atoms with van der Waals surface area (Å²) < 4.78 is 0. The molecule has 1 aromatic carbocycles. The van der Waals surface area contributed by atoms with E-state index in [9.17, 15) is 4.79 Å². The van der Waals surface area contributed by atoms with Crippen molar-refractivity contribution < 1.29 is 4.79 Å². The second-order valence-corrected chi connectivity index (χ2v) is 3.91. The van der Waals surface area contributed by atoms with Crippen molar-refractivity contribution in [3.63, 3.8) is 0 Å². The molecule has 7 heteroatoms. The van der Waals surface area contributed by atoms with Crippen molar-refractivity contribution in [2.75, 3.05) is 19.4 Å². The number of fused-ring (bicyclic) bond motifs is 1. The van der Waals surface area contributed by atoms with Gasteiger partial charge >= 0.3 is 0 Å². The topological polar surface area (TPSA) is 94.2 Å². The number of carbonyl (C=O) groups excluding carboxylic acids is 1. The number of amides is 1. The normalized spacial score (nSPS) is 11.2. The van der Waals surface area contributed by atoms with Gasteiger partial charge in [0, 0.05) is 14.1 Å². The summed E-state index contributed by atoms with van der Waals surface area (Å²) in [6.07, 6.45) is 1.44. The van der Waals surface area contributed by atoms with Crippen LogP contribution in [0, 0.1) is 0 Å². The summed E-state index contributed by atoms with van der Waals surface area (Å²) in [6.45, 7) is 3.52.